The van der Waals surface area contributed by atoms with Gasteiger partial charge in [-0.15, -0.1) is 0 Å². The molecule has 1 fully saturated rings. The lowest BCUT2D eigenvalue weighted by atomic mass is 10.1. The molecule has 0 spiro atoms. The average molecular weight is 254 g/mol. The van der Waals surface area contributed by atoms with Gasteiger partial charge in [-0.2, -0.15) is 0 Å². The maximum atomic E-state index is 3.62. The van der Waals surface area contributed by atoms with Gasteiger partial charge in [-0.1, -0.05) is 34.1 Å². The van der Waals surface area contributed by atoms with Gasteiger partial charge in [-0.05, 0) is 43.4 Å². The molecule has 1 saturated carbocycles. The zero-order valence-electron chi connectivity index (χ0n) is 8.52. The maximum Gasteiger partial charge on any atom is 0.0249 e. The lowest BCUT2D eigenvalue weighted by Gasteiger charge is -2.07. The van der Waals surface area contributed by atoms with Crippen LogP contribution in [0.1, 0.15) is 24.0 Å². The number of nitrogens with one attached hydrogen (secondary N) is 1. The van der Waals surface area contributed by atoms with Gasteiger partial charge < -0.3 is 5.32 Å². The predicted molar refractivity (Wildman–Crippen MR) is 63.3 cm³/mol. The molecule has 1 aromatic carbocycles. The highest BCUT2D eigenvalue weighted by Crippen LogP contribution is 2.28. The standard InChI is InChI=1S/C12H16BrN/c1-9-3-2-4-11(12(9)13)8-14-7-10-5-6-10/h2-4,10,14H,5-8H2,1H3. The normalized spacial score (nSPS) is 15.9. The van der Waals surface area contributed by atoms with Crippen molar-refractivity contribution in [2.75, 3.05) is 6.54 Å². The summed E-state index contributed by atoms with van der Waals surface area (Å²) in [5.41, 5.74) is 2.68. The highest BCUT2D eigenvalue weighted by Gasteiger charge is 2.20. The molecular weight excluding hydrogens is 238 g/mol. The van der Waals surface area contributed by atoms with Crippen LogP contribution in [-0.2, 0) is 6.54 Å². The summed E-state index contributed by atoms with van der Waals surface area (Å²) < 4.78 is 1.25. The monoisotopic (exact) mass is 253 g/mol. The summed E-state index contributed by atoms with van der Waals surface area (Å²) in [5, 5.41) is 3.50. The van der Waals surface area contributed by atoms with Gasteiger partial charge in [0.2, 0.25) is 0 Å². The lowest BCUT2D eigenvalue weighted by molar-refractivity contribution is 0.637. The van der Waals surface area contributed by atoms with E-state index in [0.29, 0.717) is 0 Å². The van der Waals surface area contributed by atoms with Gasteiger partial charge in [0.05, 0.1) is 0 Å². The number of aryl methyl sites for hydroxylation is 1. The van der Waals surface area contributed by atoms with Gasteiger partial charge in [0.15, 0.2) is 0 Å². The Labute approximate surface area is 94.0 Å². The van der Waals surface area contributed by atoms with Gasteiger partial charge in [-0.25, -0.2) is 0 Å². The second kappa shape index (κ2) is 4.45. The summed E-state index contributed by atoms with van der Waals surface area (Å²) in [5.74, 6) is 0.957. The lowest BCUT2D eigenvalue weighted by Crippen LogP contribution is -2.16. The van der Waals surface area contributed by atoms with Crippen LogP contribution in [0.25, 0.3) is 0 Å². The molecular formula is C12H16BrN. The molecule has 0 atom stereocenters. The van der Waals surface area contributed by atoms with Gasteiger partial charge >= 0.3 is 0 Å². The fourth-order valence-corrected chi connectivity index (χ4v) is 1.98. The summed E-state index contributed by atoms with van der Waals surface area (Å²) in [4.78, 5) is 0. The molecule has 0 bridgehead atoms. The summed E-state index contributed by atoms with van der Waals surface area (Å²) in [6, 6.07) is 6.43. The Kier molecular flexibility index (Phi) is 3.24. The molecule has 0 aliphatic heterocycles. The first-order valence-corrected chi connectivity index (χ1v) is 6.01. The fraction of sp³-hybridized carbons (Fsp3) is 0.500. The Bertz CT molecular complexity index is 318. The van der Waals surface area contributed by atoms with E-state index in [1.807, 2.05) is 0 Å². The topological polar surface area (TPSA) is 12.0 Å². The van der Waals surface area contributed by atoms with E-state index in [-0.39, 0.29) is 0 Å². The zero-order chi connectivity index (χ0) is 9.97. The predicted octanol–water partition coefficient (Wildman–Crippen LogP) is 3.26. The van der Waals surface area contributed by atoms with E-state index < -0.39 is 0 Å². The van der Waals surface area contributed by atoms with Crippen molar-refractivity contribution in [3.8, 4) is 0 Å². The van der Waals surface area contributed by atoms with Crippen LogP contribution in [0.5, 0.6) is 0 Å². The molecule has 0 aromatic heterocycles. The first-order chi connectivity index (χ1) is 6.77. The van der Waals surface area contributed by atoms with Gasteiger partial charge in [0, 0.05) is 11.0 Å². The molecule has 2 rings (SSSR count). The molecule has 0 heterocycles. The summed E-state index contributed by atoms with van der Waals surface area (Å²) in [6.07, 6.45) is 2.84. The summed E-state index contributed by atoms with van der Waals surface area (Å²) in [6.45, 7) is 4.30. The summed E-state index contributed by atoms with van der Waals surface area (Å²) >= 11 is 3.62. The Balaban J connectivity index is 1.90. The number of halogens is 1. The minimum absolute atomic E-state index is 0.957. The smallest absolute Gasteiger partial charge is 0.0249 e. The second-order valence-electron chi connectivity index (χ2n) is 4.12. The van der Waals surface area contributed by atoms with Crippen LogP contribution in [0.3, 0.4) is 0 Å². The third-order valence-electron chi connectivity index (χ3n) is 2.72. The van der Waals surface area contributed by atoms with E-state index in [0.717, 1.165) is 12.5 Å². The largest absolute Gasteiger partial charge is 0.312 e. The highest BCUT2D eigenvalue weighted by atomic mass is 79.9. The van der Waals surface area contributed by atoms with Crippen LogP contribution in [0.15, 0.2) is 22.7 Å². The van der Waals surface area contributed by atoms with Gasteiger partial charge in [-0.3, -0.25) is 0 Å². The molecule has 76 valence electrons. The van der Waals surface area contributed by atoms with Crippen LogP contribution in [0, 0.1) is 12.8 Å². The molecule has 1 nitrogen and oxygen atoms in total. The molecule has 0 radical (unpaired) electrons. The minimum atomic E-state index is 0.957. The Morgan fingerprint density at radius 2 is 2.21 bits per heavy atom. The van der Waals surface area contributed by atoms with Crippen LogP contribution >= 0.6 is 15.9 Å². The molecule has 14 heavy (non-hydrogen) atoms. The quantitative estimate of drug-likeness (QED) is 0.869. The molecule has 0 unspecified atom stereocenters. The Hall–Kier alpha value is -0.340. The molecule has 0 amide bonds. The number of hydrogen-bond donors (Lipinski definition) is 1. The first-order valence-electron chi connectivity index (χ1n) is 5.22. The van der Waals surface area contributed by atoms with E-state index in [1.54, 1.807) is 0 Å². The average Bonchev–Trinajstić information content (AvgIpc) is 2.96. The number of rotatable bonds is 4. The van der Waals surface area contributed by atoms with Crippen molar-refractivity contribution in [2.24, 2.45) is 5.92 Å². The van der Waals surface area contributed by atoms with Gasteiger partial charge in [0.25, 0.3) is 0 Å². The van der Waals surface area contributed by atoms with Crippen molar-refractivity contribution >= 4 is 15.9 Å². The number of hydrogen-bond acceptors (Lipinski definition) is 1. The van der Waals surface area contributed by atoms with Crippen LogP contribution in [-0.4, -0.2) is 6.54 Å². The van der Waals surface area contributed by atoms with Crippen molar-refractivity contribution in [1.82, 2.24) is 5.32 Å². The number of benzene rings is 1. The van der Waals surface area contributed by atoms with E-state index in [1.165, 1.54) is 35.0 Å². The van der Waals surface area contributed by atoms with E-state index in [9.17, 15) is 0 Å². The second-order valence-corrected chi connectivity index (χ2v) is 4.92. The molecule has 1 aliphatic carbocycles. The van der Waals surface area contributed by atoms with E-state index in [2.05, 4.69) is 46.4 Å². The van der Waals surface area contributed by atoms with E-state index >= 15 is 0 Å². The van der Waals surface area contributed by atoms with Crippen molar-refractivity contribution in [3.05, 3.63) is 33.8 Å². The van der Waals surface area contributed by atoms with Crippen LogP contribution in [0.4, 0.5) is 0 Å². The zero-order valence-corrected chi connectivity index (χ0v) is 10.1. The molecule has 1 N–H and O–H groups in total. The first kappa shape index (κ1) is 10.2. The van der Waals surface area contributed by atoms with Gasteiger partial charge in [0.1, 0.15) is 0 Å². The van der Waals surface area contributed by atoms with E-state index in [4.69, 9.17) is 0 Å². The molecule has 2 heteroatoms. The Morgan fingerprint density at radius 1 is 1.43 bits per heavy atom. The third kappa shape index (κ3) is 2.58. The Morgan fingerprint density at radius 3 is 2.93 bits per heavy atom. The molecule has 1 aliphatic rings. The highest BCUT2D eigenvalue weighted by molar-refractivity contribution is 9.10. The maximum absolute atomic E-state index is 3.62. The van der Waals surface area contributed by atoms with Crippen molar-refractivity contribution in [3.63, 3.8) is 0 Å². The molecule has 0 saturated heterocycles. The summed E-state index contributed by atoms with van der Waals surface area (Å²) in [7, 11) is 0. The van der Waals surface area contributed by atoms with Crippen molar-refractivity contribution in [1.29, 1.82) is 0 Å². The minimum Gasteiger partial charge on any atom is -0.312 e. The SMILES string of the molecule is Cc1cccc(CNCC2CC2)c1Br. The van der Waals surface area contributed by atoms with Crippen molar-refractivity contribution in [2.45, 2.75) is 26.3 Å². The van der Waals surface area contributed by atoms with Crippen LogP contribution < -0.4 is 5.32 Å². The fourth-order valence-electron chi connectivity index (χ4n) is 1.58. The van der Waals surface area contributed by atoms with Crippen LogP contribution in [0.2, 0.25) is 0 Å². The van der Waals surface area contributed by atoms with Crippen molar-refractivity contribution < 1.29 is 0 Å². The third-order valence-corrected chi connectivity index (χ3v) is 3.85. The molecule has 1 aromatic rings.